The molecule has 1 atom stereocenters. The fourth-order valence-electron chi connectivity index (χ4n) is 2.29. The van der Waals surface area contributed by atoms with E-state index in [1.165, 1.54) is 23.9 Å². The van der Waals surface area contributed by atoms with E-state index in [-0.39, 0.29) is 16.6 Å². The fourth-order valence-corrected chi connectivity index (χ4v) is 3.27. The summed E-state index contributed by atoms with van der Waals surface area (Å²) in [7, 11) is 1.84. The maximum absolute atomic E-state index is 13.8. The van der Waals surface area contributed by atoms with Gasteiger partial charge in [0.05, 0.1) is 10.9 Å². The van der Waals surface area contributed by atoms with Gasteiger partial charge in [-0.05, 0) is 25.1 Å². The van der Waals surface area contributed by atoms with Crippen LogP contribution in [0.1, 0.15) is 6.92 Å². The number of thioether (sulfide) groups is 1. The highest BCUT2D eigenvalue weighted by Crippen LogP contribution is 2.27. The SMILES string of the molecule is C[C@@H](Sc1nnc(-c2ccccc2)n1C)C(=O)Nc1ccc(Cl)cc1F. The monoisotopic (exact) mass is 390 g/mol. The molecule has 0 fully saturated rings. The van der Waals surface area contributed by atoms with Crippen LogP contribution in [0.5, 0.6) is 0 Å². The highest BCUT2D eigenvalue weighted by atomic mass is 35.5. The number of rotatable bonds is 5. The van der Waals surface area contributed by atoms with Crippen LogP contribution in [0.2, 0.25) is 5.02 Å². The van der Waals surface area contributed by atoms with Gasteiger partial charge < -0.3 is 9.88 Å². The van der Waals surface area contributed by atoms with Crippen LogP contribution in [0.4, 0.5) is 10.1 Å². The first-order valence-corrected chi connectivity index (χ1v) is 9.09. The second kappa shape index (κ2) is 7.88. The van der Waals surface area contributed by atoms with E-state index in [9.17, 15) is 9.18 Å². The molecule has 2 aromatic carbocycles. The van der Waals surface area contributed by atoms with Gasteiger partial charge >= 0.3 is 0 Å². The average molecular weight is 391 g/mol. The molecule has 0 saturated carbocycles. The summed E-state index contributed by atoms with van der Waals surface area (Å²) in [4.78, 5) is 12.4. The number of hydrogen-bond donors (Lipinski definition) is 1. The first kappa shape index (κ1) is 18.4. The fraction of sp³-hybridized carbons (Fsp3) is 0.167. The van der Waals surface area contributed by atoms with Gasteiger partial charge in [-0.25, -0.2) is 4.39 Å². The first-order valence-electron chi connectivity index (χ1n) is 7.83. The zero-order chi connectivity index (χ0) is 18.7. The molecule has 0 aliphatic rings. The Hall–Kier alpha value is -2.38. The Kier molecular flexibility index (Phi) is 5.58. The van der Waals surface area contributed by atoms with E-state index in [1.807, 2.05) is 41.9 Å². The Morgan fingerprint density at radius 1 is 1.23 bits per heavy atom. The number of anilines is 1. The molecule has 134 valence electrons. The smallest absolute Gasteiger partial charge is 0.237 e. The zero-order valence-electron chi connectivity index (χ0n) is 14.1. The molecule has 0 saturated heterocycles. The van der Waals surface area contributed by atoms with E-state index in [1.54, 1.807) is 6.92 Å². The summed E-state index contributed by atoms with van der Waals surface area (Å²) in [5.41, 5.74) is 1.03. The summed E-state index contributed by atoms with van der Waals surface area (Å²) < 4.78 is 15.6. The van der Waals surface area contributed by atoms with Gasteiger partial charge in [0.15, 0.2) is 11.0 Å². The topological polar surface area (TPSA) is 59.8 Å². The molecule has 1 N–H and O–H groups in total. The average Bonchev–Trinajstić information content (AvgIpc) is 2.98. The Balaban J connectivity index is 1.71. The van der Waals surface area contributed by atoms with Gasteiger partial charge in [-0.15, -0.1) is 10.2 Å². The minimum Gasteiger partial charge on any atom is -0.323 e. The van der Waals surface area contributed by atoms with Gasteiger partial charge in [0, 0.05) is 17.6 Å². The third kappa shape index (κ3) is 4.05. The summed E-state index contributed by atoms with van der Waals surface area (Å²) in [6.45, 7) is 1.73. The van der Waals surface area contributed by atoms with Gasteiger partial charge in [-0.1, -0.05) is 53.7 Å². The number of hydrogen-bond acceptors (Lipinski definition) is 4. The Bertz CT molecular complexity index is 932. The zero-order valence-corrected chi connectivity index (χ0v) is 15.7. The van der Waals surface area contributed by atoms with Crippen molar-refractivity contribution in [2.75, 3.05) is 5.32 Å². The number of amides is 1. The van der Waals surface area contributed by atoms with E-state index in [4.69, 9.17) is 11.6 Å². The maximum Gasteiger partial charge on any atom is 0.237 e. The molecule has 1 heterocycles. The number of carbonyl (C=O) groups is 1. The minimum absolute atomic E-state index is 0.0924. The predicted molar refractivity (Wildman–Crippen MR) is 102 cm³/mol. The molecule has 1 aromatic heterocycles. The lowest BCUT2D eigenvalue weighted by atomic mass is 10.2. The van der Waals surface area contributed by atoms with Crippen LogP contribution in [-0.4, -0.2) is 25.9 Å². The molecule has 0 spiro atoms. The molecule has 0 aliphatic carbocycles. The van der Waals surface area contributed by atoms with Crippen molar-refractivity contribution < 1.29 is 9.18 Å². The second-order valence-corrected chi connectivity index (χ2v) is 7.35. The van der Waals surface area contributed by atoms with Crippen molar-refractivity contribution in [1.82, 2.24) is 14.8 Å². The standard InChI is InChI=1S/C18H16ClFN4OS/c1-11(17(25)21-15-9-8-13(19)10-14(15)20)26-18-23-22-16(24(18)2)12-6-4-3-5-7-12/h3-11H,1-2H3,(H,21,25)/t11-/m1/s1. The van der Waals surface area contributed by atoms with Gasteiger partial charge in [-0.3, -0.25) is 4.79 Å². The lowest BCUT2D eigenvalue weighted by Crippen LogP contribution is -2.23. The summed E-state index contributed by atoms with van der Waals surface area (Å²) in [6.07, 6.45) is 0. The molecule has 0 unspecified atom stereocenters. The Labute approximate surface area is 159 Å². The normalized spacial score (nSPS) is 12.0. The third-order valence-electron chi connectivity index (χ3n) is 3.71. The lowest BCUT2D eigenvalue weighted by Gasteiger charge is -2.12. The molecule has 0 bridgehead atoms. The van der Waals surface area contributed by atoms with Gasteiger partial charge in [0.2, 0.25) is 5.91 Å². The van der Waals surface area contributed by atoms with Crippen LogP contribution >= 0.6 is 23.4 Å². The highest BCUT2D eigenvalue weighted by molar-refractivity contribution is 8.00. The minimum atomic E-state index is -0.576. The van der Waals surface area contributed by atoms with Crippen molar-refractivity contribution >= 4 is 35.0 Å². The van der Waals surface area contributed by atoms with Crippen molar-refractivity contribution in [3.63, 3.8) is 0 Å². The van der Waals surface area contributed by atoms with Crippen LogP contribution in [0.3, 0.4) is 0 Å². The molecule has 0 aliphatic heterocycles. The molecule has 1 amide bonds. The Morgan fingerprint density at radius 2 is 1.96 bits per heavy atom. The largest absolute Gasteiger partial charge is 0.323 e. The van der Waals surface area contributed by atoms with E-state index < -0.39 is 11.1 Å². The van der Waals surface area contributed by atoms with Crippen molar-refractivity contribution in [3.05, 3.63) is 59.4 Å². The molecular weight excluding hydrogens is 375 g/mol. The van der Waals surface area contributed by atoms with E-state index in [0.29, 0.717) is 11.0 Å². The van der Waals surface area contributed by atoms with Crippen molar-refractivity contribution in [2.45, 2.75) is 17.3 Å². The first-order chi connectivity index (χ1) is 12.5. The summed E-state index contributed by atoms with van der Waals surface area (Å²) in [6, 6.07) is 13.8. The molecule has 8 heteroatoms. The summed E-state index contributed by atoms with van der Waals surface area (Å²) >= 11 is 6.97. The predicted octanol–water partition coefficient (Wildman–Crippen LogP) is 4.39. The van der Waals surface area contributed by atoms with Crippen LogP contribution < -0.4 is 5.32 Å². The summed E-state index contributed by atoms with van der Waals surface area (Å²) in [5.74, 6) is -0.196. The lowest BCUT2D eigenvalue weighted by molar-refractivity contribution is -0.115. The number of halogens is 2. The van der Waals surface area contributed by atoms with Crippen LogP contribution in [0.15, 0.2) is 53.7 Å². The van der Waals surface area contributed by atoms with Crippen LogP contribution in [-0.2, 0) is 11.8 Å². The maximum atomic E-state index is 13.8. The molecule has 3 rings (SSSR count). The number of nitrogens with zero attached hydrogens (tertiary/aromatic N) is 3. The van der Waals surface area contributed by atoms with Crippen LogP contribution in [0, 0.1) is 5.82 Å². The number of carbonyl (C=O) groups excluding carboxylic acids is 1. The third-order valence-corrected chi connectivity index (χ3v) is 5.08. The Morgan fingerprint density at radius 3 is 2.65 bits per heavy atom. The van der Waals surface area contributed by atoms with Crippen molar-refractivity contribution in [2.24, 2.45) is 7.05 Å². The van der Waals surface area contributed by atoms with E-state index >= 15 is 0 Å². The molecule has 0 radical (unpaired) electrons. The molecular formula is C18H16ClFN4OS. The van der Waals surface area contributed by atoms with Crippen molar-refractivity contribution in [3.8, 4) is 11.4 Å². The number of aromatic nitrogens is 3. The number of nitrogens with one attached hydrogen (secondary N) is 1. The quantitative estimate of drug-likeness (QED) is 0.656. The van der Waals surface area contributed by atoms with E-state index in [2.05, 4.69) is 15.5 Å². The van der Waals surface area contributed by atoms with Gasteiger partial charge in [0.1, 0.15) is 5.82 Å². The molecule has 26 heavy (non-hydrogen) atoms. The van der Waals surface area contributed by atoms with Crippen molar-refractivity contribution in [1.29, 1.82) is 0 Å². The molecule has 5 nitrogen and oxygen atoms in total. The number of benzene rings is 2. The second-order valence-electron chi connectivity index (χ2n) is 5.60. The highest BCUT2D eigenvalue weighted by Gasteiger charge is 2.20. The molecule has 3 aromatic rings. The van der Waals surface area contributed by atoms with Crippen LogP contribution in [0.25, 0.3) is 11.4 Å². The van der Waals surface area contributed by atoms with E-state index in [0.717, 1.165) is 11.6 Å². The van der Waals surface area contributed by atoms with Gasteiger partial charge in [-0.2, -0.15) is 0 Å². The summed E-state index contributed by atoms with van der Waals surface area (Å²) in [5, 5.41) is 11.3. The van der Waals surface area contributed by atoms with Gasteiger partial charge in [0.25, 0.3) is 0 Å².